The van der Waals surface area contributed by atoms with Gasteiger partial charge in [-0.1, -0.05) is 0 Å². The summed E-state index contributed by atoms with van der Waals surface area (Å²) in [7, 11) is 0. The number of carbonyl (C=O) groups excluding carboxylic acids is 2. The first-order valence-corrected chi connectivity index (χ1v) is 8.30. The summed E-state index contributed by atoms with van der Waals surface area (Å²) < 4.78 is 5.51. The molecule has 24 heavy (non-hydrogen) atoms. The van der Waals surface area contributed by atoms with Gasteiger partial charge in [0, 0.05) is 12.6 Å². The van der Waals surface area contributed by atoms with Crippen LogP contribution in [0.2, 0.25) is 0 Å². The summed E-state index contributed by atoms with van der Waals surface area (Å²) in [6, 6.07) is 3.04. The number of amides is 2. The first kappa shape index (κ1) is 16.5. The van der Waals surface area contributed by atoms with E-state index in [9.17, 15) is 9.59 Å². The minimum absolute atomic E-state index is 0.0422. The number of nitrogen functional groups attached to an aromatic ring is 1. The number of pyridine rings is 1. The van der Waals surface area contributed by atoms with Crippen molar-refractivity contribution in [3.63, 3.8) is 0 Å². The van der Waals surface area contributed by atoms with Gasteiger partial charge in [0.1, 0.15) is 17.5 Å². The third-order valence-corrected chi connectivity index (χ3v) is 4.43. The zero-order valence-electron chi connectivity index (χ0n) is 14.4. The fourth-order valence-electron chi connectivity index (χ4n) is 3.38. The van der Waals surface area contributed by atoms with E-state index in [0.717, 1.165) is 12.8 Å². The van der Waals surface area contributed by atoms with E-state index in [4.69, 9.17) is 10.5 Å². The highest BCUT2D eigenvalue weighted by molar-refractivity contribution is 5.99. The van der Waals surface area contributed by atoms with Gasteiger partial charge in [-0.2, -0.15) is 0 Å². The summed E-state index contributed by atoms with van der Waals surface area (Å²) in [5.41, 5.74) is 5.76. The summed E-state index contributed by atoms with van der Waals surface area (Å²) in [6.45, 7) is 6.06. The van der Waals surface area contributed by atoms with Crippen molar-refractivity contribution in [2.45, 2.75) is 57.7 Å². The average Bonchev–Trinajstić information content (AvgIpc) is 2.84. The molecule has 0 aromatic carbocycles. The van der Waals surface area contributed by atoms with Crippen molar-refractivity contribution in [3.8, 4) is 0 Å². The topological polar surface area (TPSA) is 88.8 Å². The maximum atomic E-state index is 13.0. The molecule has 2 bridgehead atoms. The summed E-state index contributed by atoms with van der Waals surface area (Å²) in [5.74, 6) is 0.338. The summed E-state index contributed by atoms with van der Waals surface area (Å²) in [5, 5.41) is 0. The van der Waals surface area contributed by atoms with Crippen molar-refractivity contribution in [3.05, 3.63) is 18.3 Å². The van der Waals surface area contributed by atoms with Gasteiger partial charge in [-0.15, -0.1) is 0 Å². The molecule has 2 saturated heterocycles. The smallest absolute Gasteiger partial charge is 0.411 e. The fraction of sp³-hybridized carbons (Fsp3) is 0.588. The summed E-state index contributed by atoms with van der Waals surface area (Å²) in [4.78, 5) is 33.0. The molecule has 2 fully saturated rings. The molecule has 130 valence electrons. The number of aromatic nitrogens is 1. The maximum Gasteiger partial charge on any atom is 0.411 e. The van der Waals surface area contributed by atoms with Crippen LogP contribution < -0.4 is 10.6 Å². The molecule has 7 heteroatoms. The van der Waals surface area contributed by atoms with E-state index in [-0.39, 0.29) is 11.9 Å². The van der Waals surface area contributed by atoms with E-state index < -0.39 is 17.7 Å². The lowest BCUT2D eigenvalue weighted by atomic mass is 10.1. The molecule has 2 aliphatic heterocycles. The van der Waals surface area contributed by atoms with E-state index in [2.05, 4.69) is 4.98 Å². The van der Waals surface area contributed by atoms with Gasteiger partial charge in [0.05, 0.1) is 11.9 Å². The molecule has 2 aliphatic rings. The number of anilines is 2. The first-order valence-electron chi connectivity index (χ1n) is 8.30. The van der Waals surface area contributed by atoms with Gasteiger partial charge in [-0.25, -0.2) is 9.78 Å². The van der Waals surface area contributed by atoms with Gasteiger partial charge >= 0.3 is 6.09 Å². The monoisotopic (exact) mass is 332 g/mol. The highest BCUT2D eigenvalue weighted by Crippen LogP contribution is 2.34. The van der Waals surface area contributed by atoms with Gasteiger partial charge < -0.3 is 15.4 Å². The predicted molar refractivity (Wildman–Crippen MR) is 90.5 cm³/mol. The molecule has 0 saturated carbocycles. The van der Waals surface area contributed by atoms with Crippen molar-refractivity contribution in [2.24, 2.45) is 0 Å². The van der Waals surface area contributed by atoms with Gasteiger partial charge in [-0.3, -0.25) is 9.69 Å². The van der Waals surface area contributed by atoms with Gasteiger partial charge in [0.15, 0.2) is 0 Å². The van der Waals surface area contributed by atoms with Crippen LogP contribution in [0.25, 0.3) is 0 Å². The molecule has 0 radical (unpaired) electrons. The molecule has 2 amide bonds. The minimum Gasteiger partial charge on any atom is -0.444 e. The van der Waals surface area contributed by atoms with E-state index in [1.807, 2.05) is 20.8 Å². The molecule has 1 aromatic heterocycles. The SMILES string of the molecule is CC(C)(C)OC(=O)N1C2CCC1C(=O)N(c1ccc(N)nc1)CC2. The first-order chi connectivity index (χ1) is 11.3. The number of carbonyl (C=O) groups is 2. The van der Waals surface area contributed by atoms with Crippen LogP contribution in [0, 0.1) is 0 Å². The highest BCUT2D eigenvalue weighted by Gasteiger charge is 2.46. The molecule has 2 N–H and O–H groups in total. The Balaban J connectivity index is 1.84. The second-order valence-corrected chi connectivity index (χ2v) is 7.35. The number of rotatable bonds is 1. The lowest BCUT2D eigenvalue weighted by molar-refractivity contribution is -0.122. The van der Waals surface area contributed by atoms with Crippen LogP contribution in [-0.4, -0.2) is 46.1 Å². The van der Waals surface area contributed by atoms with Crippen molar-refractivity contribution in [1.29, 1.82) is 0 Å². The van der Waals surface area contributed by atoms with Gasteiger partial charge in [-0.05, 0) is 52.2 Å². The van der Waals surface area contributed by atoms with Gasteiger partial charge in [0.2, 0.25) is 5.91 Å². The molecule has 0 spiro atoms. The lowest BCUT2D eigenvalue weighted by Crippen LogP contribution is -2.48. The number of fused-ring (bicyclic) bond motifs is 2. The summed E-state index contributed by atoms with van der Waals surface area (Å²) in [6.07, 6.45) is 3.43. The van der Waals surface area contributed by atoms with Crippen LogP contribution in [0.15, 0.2) is 18.3 Å². The van der Waals surface area contributed by atoms with Crippen molar-refractivity contribution >= 4 is 23.5 Å². The Bertz CT molecular complexity index is 638. The van der Waals surface area contributed by atoms with E-state index in [1.54, 1.807) is 28.1 Å². The van der Waals surface area contributed by atoms with Crippen LogP contribution >= 0.6 is 0 Å². The molecule has 3 heterocycles. The molecule has 0 aliphatic carbocycles. The highest BCUT2D eigenvalue weighted by atomic mass is 16.6. The Labute approximate surface area is 141 Å². The second kappa shape index (κ2) is 5.96. The number of hydrogen-bond donors (Lipinski definition) is 1. The quantitative estimate of drug-likeness (QED) is 0.851. The van der Waals surface area contributed by atoms with Gasteiger partial charge in [0.25, 0.3) is 0 Å². The fourth-order valence-corrected chi connectivity index (χ4v) is 3.38. The van der Waals surface area contributed by atoms with Crippen LogP contribution in [-0.2, 0) is 9.53 Å². The number of hydrogen-bond acceptors (Lipinski definition) is 5. The Hall–Kier alpha value is -2.31. The van der Waals surface area contributed by atoms with E-state index in [0.29, 0.717) is 24.5 Å². The second-order valence-electron chi connectivity index (χ2n) is 7.35. The van der Waals surface area contributed by atoms with E-state index >= 15 is 0 Å². The van der Waals surface area contributed by atoms with Crippen molar-refractivity contribution < 1.29 is 14.3 Å². The zero-order valence-corrected chi connectivity index (χ0v) is 14.4. The standard InChI is InChI=1S/C17H24N4O3/c1-17(2,3)24-16(23)21-11-4-6-13(21)15(22)20(9-8-11)12-5-7-14(18)19-10-12/h5,7,10-11,13H,4,6,8-9H2,1-3H3,(H2,18,19). The van der Waals surface area contributed by atoms with Crippen LogP contribution in [0.4, 0.5) is 16.3 Å². The molecular formula is C17H24N4O3. The number of nitrogens with two attached hydrogens (primary N) is 1. The molecule has 2 unspecified atom stereocenters. The molecule has 7 nitrogen and oxygen atoms in total. The average molecular weight is 332 g/mol. The van der Waals surface area contributed by atoms with Crippen molar-refractivity contribution in [1.82, 2.24) is 9.88 Å². The van der Waals surface area contributed by atoms with Crippen molar-refractivity contribution in [2.75, 3.05) is 17.2 Å². The minimum atomic E-state index is -0.577. The Morgan fingerprint density at radius 1 is 1.29 bits per heavy atom. The number of nitrogens with zero attached hydrogens (tertiary/aromatic N) is 3. The Morgan fingerprint density at radius 2 is 2.04 bits per heavy atom. The third-order valence-electron chi connectivity index (χ3n) is 4.43. The molecule has 3 rings (SSSR count). The Kier molecular flexibility index (Phi) is 4.11. The summed E-state index contributed by atoms with van der Waals surface area (Å²) >= 11 is 0. The van der Waals surface area contributed by atoms with Crippen LogP contribution in [0.5, 0.6) is 0 Å². The zero-order chi connectivity index (χ0) is 17.5. The normalized spacial score (nSPS) is 24.0. The largest absolute Gasteiger partial charge is 0.444 e. The van der Waals surface area contributed by atoms with Crippen LogP contribution in [0.1, 0.15) is 40.0 Å². The lowest BCUT2D eigenvalue weighted by Gasteiger charge is -2.30. The molecular weight excluding hydrogens is 308 g/mol. The predicted octanol–water partition coefficient (Wildman–Crippen LogP) is 2.17. The Morgan fingerprint density at radius 3 is 2.67 bits per heavy atom. The molecule has 2 atom stereocenters. The third kappa shape index (κ3) is 3.16. The van der Waals surface area contributed by atoms with Crippen LogP contribution in [0.3, 0.4) is 0 Å². The molecule has 1 aromatic rings. The number of ether oxygens (including phenoxy) is 1. The van der Waals surface area contributed by atoms with E-state index in [1.165, 1.54) is 0 Å². The maximum absolute atomic E-state index is 13.0.